The molecule has 1 aromatic carbocycles. The predicted octanol–water partition coefficient (Wildman–Crippen LogP) is 3.50. The Morgan fingerprint density at radius 1 is 1.19 bits per heavy atom. The smallest absolute Gasteiger partial charge is 0.416 e. The van der Waals surface area contributed by atoms with E-state index in [9.17, 15) is 13.2 Å². The topological polar surface area (TPSA) is 27.7 Å². The molecule has 1 fully saturated rings. The van der Waals surface area contributed by atoms with Crippen molar-refractivity contribution in [3.63, 3.8) is 0 Å². The first-order valence-corrected chi connectivity index (χ1v) is 6.94. The van der Waals surface area contributed by atoms with Gasteiger partial charge < -0.3 is 14.2 Å². The summed E-state index contributed by atoms with van der Waals surface area (Å²) < 4.78 is 53.4. The first-order valence-electron chi connectivity index (χ1n) is 6.50. The number of alkyl halides is 4. The van der Waals surface area contributed by atoms with Crippen LogP contribution in [0.1, 0.15) is 12.0 Å². The predicted molar refractivity (Wildman–Crippen MR) is 71.7 cm³/mol. The molecule has 7 heteroatoms. The zero-order valence-corrected chi connectivity index (χ0v) is 12.2. The normalized spacial score (nSPS) is 25.5. The van der Waals surface area contributed by atoms with Crippen LogP contribution in [-0.2, 0) is 15.7 Å². The summed E-state index contributed by atoms with van der Waals surface area (Å²) in [6.45, 7) is 0.852. The first kappa shape index (κ1) is 16.4. The minimum absolute atomic E-state index is 0.152. The van der Waals surface area contributed by atoms with E-state index < -0.39 is 11.7 Å². The summed E-state index contributed by atoms with van der Waals surface area (Å²) in [5.74, 6) is 0.372. The van der Waals surface area contributed by atoms with Crippen LogP contribution < -0.4 is 4.74 Å². The van der Waals surface area contributed by atoms with Crippen molar-refractivity contribution in [1.82, 2.24) is 0 Å². The van der Waals surface area contributed by atoms with Crippen LogP contribution in [0, 0.1) is 0 Å². The third-order valence-electron chi connectivity index (χ3n) is 3.25. The van der Waals surface area contributed by atoms with Gasteiger partial charge in [0.25, 0.3) is 0 Å². The molecule has 0 N–H and O–H groups in total. The second kappa shape index (κ2) is 6.85. The van der Waals surface area contributed by atoms with Crippen molar-refractivity contribution in [1.29, 1.82) is 0 Å². The fourth-order valence-corrected chi connectivity index (χ4v) is 2.43. The fraction of sp³-hybridized carbons (Fsp3) is 0.571. The van der Waals surface area contributed by atoms with E-state index in [1.165, 1.54) is 12.1 Å². The number of hydrogen-bond acceptors (Lipinski definition) is 3. The van der Waals surface area contributed by atoms with Gasteiger partial charge in [0, 0.05) is 13.5 Å². The van der Waals surface area contributed by atoms with Gasteiger partial charge in [-0.05, 0) is 24.3 Å². The van der Waals surface area contributed by atoms with E-state index in [4.69, 9.17) is 25.8 Å². The fourth-order valence-electron chi connectivity index (χ4n) is 2.02. The molecule has 21 heavy (non-hydrogen) atoms. The summed E-state index contributed by atoms with van der Waals surface area (Å²) >= 11 is 6.05. The van der Waals surface area contributed by atoms with Gasteiger partial charge >= 0.3 is 6.18 Å². The molecule has 0 spiro atoms. The maximum atomic E-state index is 12.5. The van der Waals surface area contributed by atoms with E-state index in [1.54, 1.807) is 7.11 Å². The van der Waals surface area contributed by atoms with Crippen molar-refractivity contribution >= 4 is 11.6 Å². The van der Waals surface area contributed by atoms with Crippen molar-refractivity contribution in [3.05, 3.63) is 29.8 Å². The van der Waals surface area contributed by atoms with Crippen LogP contribution in [0.3, 0.4) is 0 Å². The van der Waals surface area contributed by atoms with Gasteiger partial charge in [0.2, 0.25) is 0 Å². The molecule has 0 aliphatic heterocycles. The van der Waals surface area contributed by atoms with Crippen molar-refractivity contribution in [2.24, 2.45) is 0 Å². The lowest BCUT2D eigenvalue weighted by Crippen LogP contribution is -2.53. The highest BCUT2D eigenvalue weighted by Gasteiger charge is 2.42. The van der Waals surface area contributed by atoms with Gasteiger partial charge in [-0.1, -0.05) is 0 Å². The Labute approximate surface area is 125 Å². The number of ether oxygens (including phenoxy) is 3. The highest BCUT2D eigenvalue weighted by Crippen LogP contribution is 2.34. The van der Waals surface area contributed by atoms with Gasteiger partial charge in [-0.15, -0.1) is 11.6 Å². The highest BCUT2D eigenvalue weighted by molar-refractivity contribution is 6.21. The molecule has 0 saturated heterocycles. The zero-order chi connectivity index (χ0) is 15.5. The minimum atomic E-state index is -4.35. The van der Waals surface area contributed by atoms with E-state index in [1.807, 2.05) is 0 Å². The summed E-state index contributed by atoms with van der Waals surface area (Å²) in [6, 6.07) is 4.59. The maximum Gasteiger partial charge on any atom is 0.416 e. The largest absolute Gasteiger partial charge is 0.488 e. The molecule has 0 bridgehead atoms. The monoisotopic (exact) mass is 324 g/mol. The molecule has 2 rings (SSSR count). The Kier molecular flexibility index (Phi) is 5.35. The number of benzene rings is 1. The quantitative estimate of drug-likeness (QED) is 0.592. The molecule has 1 aromatic rings. The van der Waals surface area contributed by atoms with Gasteiger partial charge in [-0.3, -0.25) is 0 Å². The van der Waals surface area contributed by atoms with Gasteiger partial charge in [-0.25, -0.2) is 0 Å². The molecule has 1 aliphatic carbocycles. The van der Waals surface area contributed by atoms with Crippen LogP contribution in [0.2, 0.25) is 0 Å². The molecule has 1 aliphatic rings. The average Bonchev–Trinajstić information content (AvgIpc) is 2.42. The number of rotatable bonds is 6. The lowest BCUT2D eigenvalue weighted by molar-refractivity contribution is -0.137. The number of methoxy groups -OCH3 is 1. The van der Waals surface area contributed by atoms with Gasteiger partial charge in [-0.2, -0.15) is 13.2 Å². The average molecular weight is 325 g/mol. The Morgan fingerprint density at radius 2 is 1.86 bits per heavy atom. The molecule has 3 unspecified atom stereocenters. The molecule has 0 heterocycles. The molecule has 118 valence electrons. The maximum absolute atomic E-state index is 12.5. The molecule has 0 amide bonds. The molecular formula is C14H16ClF3O3. The Hall–Kier alpha value is -0.980. The standard InChI is InChI=1S/C14H16ClF3O3/c1-19-6-7-20-13-11(15)8-12(13)21-10-4-2-9(3-5-10)14(16,17)18/h2-5,11-13H,6-8H2,1H3. The molecule has 0 aromatic heterocycles. The van der Waals surface area contributed by atoms with E-state index in [-0.39, 0.29) is 17.6 Å². The zero-order valence-electron chi connectivity index (χ0n) is 11.4. The third-order valence-corrected chi connectivity index (χ3v) is 3.67. The van der Waals surface area contributed by atoms with Gasteiger partial charge in [0.05, 0.1) is 24.2 Å². The van der Waals surface area contributed by atoms with Crippen molar-refractivity contribution in [2.45, 2.75) is 30.2 Å². The van der Waals surface area contributed by atoms with Crippen molar-refractivity contribution < 1.29 is 27.4 Å². The third kappa shape index (κ3) is 4.25. The Bertz CT molecular complexity index is 450. The molecule has 1 saturated carbocycles. The summed E-state index contributed by atoms with van der Waals surface area (Å²) in [6.07, 6.45) is -4.27. The van der Waals surface area contributed by atoms with Crippen molar-refractivity contribution in [3.8, 4) is 5.75 Å². The van der Waals surface area contributed by atoms with E-state index in [0.29, 0.717) is 25.4 Å². The summed E-state index contributed by atoms with van der Waals surface area (Å²) in [5, 5.41) is -0.152. The lowest BCUT2D eigenvalue weighted by atomic mass is 9.91. The van der Waals surface area contributed by atoms with E-state index in [0.717, 1.165) is 12.1 Å². The summed E-state index contributed by atoms with van der Waals surface area (Å²) in [4.78, 5) is 0. The second-order valence-corrected chi connectivity index (χ2v) is 5.32. The number of hydrogen-bond donors (Lipinski definition) is 0. The number of halogens is 4. The first-order chi connectivity index (χ1) is 9.91. The van der Waals surface area contributed by atoms with E-state index in [2.05, 4.69) is 0 Å². The van der Waals surface area contributed by atoms with Crippen LogP contribution in [0.15, 0.2) is 24.3 Å². The molecular weight excluding hydrogens is 309 g/mol. The molecule has 3 nitrogen and oxygen atoms in total. The second-order valence-electron chi connectivity index (χ2n) is 4.76. The Morgan fingerprint density at radius 3 is 2.38 bits per heavy atom. The molecule has 0 radical (unpaired) electrons. The van der Waals surface area contributed by atoms with Gasteiger partial charge in [0.1, 0.15) is 18.0 Å². The van der Waals surface area contributed by atoms with Crippen LogP contribution in [0.5, 0.6) is 5.75 Å². The van der Waals surface area contributed by atoms with Gasteiger partial charge in [0.15, 0.2) is 0 Å². The SMILES string of the molecule is COCCOC1C(Cl)CC1Oc1ccc(C(F)(F)F)cc1. The highest BCUT2D eigenvalue weighted by atomic mass is 35.5. The minimum Gasteiger partial charge on any atom is -0.488 e. The van der Waals surface area contributed by atoms with Crippen LogP contribution in [-0.4, -0.2) is 37.9 Å². The van der Waals surface area contributed by atoms with E-state index >= 15 is 0 Å². The van der Waals surface area contributed by atoms with Crippen LogP contribution >= 0.6 is 11.6 Å². The van der Waals surface area contributed by atoms with Crippen LogP contribution in [0.4, 0.5) is 13.2 Å². The lowest BCUT2D eigenvalue weighted by Gasteiger charge is -2.40. The summed E-state index contributed by atoms with van der Waals surface area (Å²) in [7, 11) is 1.57. The molecule has 3 atom stereocenters. The summed E-state index contributed by atoms with van der Waals surface area (Å²) in [5.41, 5.74) is -0.702. The van der Waals surface area contributed by atoms with Crippen molar-refractivity contribution in [2.75, 3.05) is 20.3 Å². The Balaban J connectivity index is 1.89. The van der Waals surface area contributed by atoms with Crippen LogP contribution in [0.25, 0.3) is 0 Å².